The van der Waals surface area contributed by atoms with Crippen LogP contribution in [0.3, 0.4) is 0 Å². The zero-order valence-electron chi connectivity index (χ0n) is 14.2. The molecule has 0 aliphatic carbocycles. The number of ether oxygens (including phenoxy) is 1. The molecule has 1 atom stereocenters. The molecule has 3 heterocycles. The Kier molecular flexibility index (Phi) is 5.47. The second-order valence-corrected chi connectivity index (χ2v) is 7.26. The SMILES string of the molecule is CC(=O)Nc1nc(C(=O)N2CCN(C3CCOCC3)C[C@H]2C)cs1. The second kappa shape index (κ2) is 7.58. The average Bonchev–Trinajstić information content (AvgIpc) is 3.02. The molecule has 2 saturated heterocycles. The van der Waals surface area contributed by atoms with Crippen LogP contribution >= 0.6 is 11.3 Å². The van der Waals surface area contributed by atoms with Gasteiger partial charge in [-0.2, -0.15) is 0 Å². The van der Waals surface area contributed by atoms with Crippen LogP contribution in [0.1, 0.15) is 37.2 Å². The normalized spacial score (nSPS) is 23.2. The molecule has 0 unspecified atom stereocenters. The molecule has 24 heavy (non-hydrogen) atoms. The molecule has 2 aliphatic rings. The van der Waals surface area contributed by atoms with E-state index in [1.807, 2.05) is 4.90 Å². The molecule has 2 amide bonds. The smallest absolute Gasteiger partial charge is 0.273 e. The van der Waals surface area contributed by atoms with E-state index < -0.39 is 0 Å². The van der Waals surface area contributed by atoms with E-state index in [0.717, 1.165) is 39.1 Å². The number of hydrogen-bond donors (Lipinski definition) is 1. The lowest BCUT2D eigenvalue weighted by molar-refractivity contribution is -0.114. The summed E-state index contributed by atoms with van der Waals surface area (Å²) in [6, 6.07) is 0.726. The Labute approximate surface area is 146 Å². The van der Waals surface area contributed by atoms with Crippen molar-refractivity contribution in [1.29, 1.82) is 0 Å². The van der Waals surface area contributed by atoms with Crippen LogP contribution in [0.5, 0.6) is 0 Å². The van der Waals surface area contributed by atoms with Gasteiger partial charge in [-0.25, -0.2) is 4.98 Å². The zero-order valence-corrected chi connectivity index (χ0v) is 15.0. The van der Waals surface area contributed by atoms with Gasteiger partial charge in [-0.1, -0.05) is 0 Å². The van der Waals surface area contributed by atoms with Crippen LogP contribution in [0.15, 0.2) is 5.38 Å². The highest BCUT2D eigenvalue weighted by Crippen LogP contribution is 2.22. The van der Waals surface area contributed by atoms with Crippen molar-refractivity contribution in [3.63, 3.8) is 0 Å². The average molecular weight is 352 g/mol. The molecule has 2 aliphatic heterocycles. The number of rotatable bonds is 3. The summed E-state index contributed by atoms with van der Waals surface area (Å²) in [6.07, 6.45) is 2.15. The number of nitrogens with one attached hydrogen (secondary N) is 1. The van der Waals surface area contributed by atoms with Gasteiger partial charge in [0.1, 0.15) is 5.69 Å². The molecule has 3 rings (SSSR count). The predicted octanol–water partition coefficient (Wildman–Crippen LogP) is 1.43. The highest BCUT2D eigenvalue weighted by Gasteiger charge is 2.32. The van der Waals surface area contributed by atoms with Gasteiger partial charge < -0.3 is 15.0 Å². The fourth-order valence-corrected chi connectivity index (χ4v) is 4.13. The Hall–Kier alpha value is -1.51. The molecule has 7 nitrogen and oxygen atoms in total. The van der Waals surface area contributed by atoms with Gasteiger partial charge in [-0.05, 0) is 19.8 Å². The van der Waals surface area contributed by atoms with Gasteiger partial charge in [0.2, 0.25) is 5.91 Å². The molecular weight excluding hydrogens is 328 g/mol. The Balaban J connectivity index is 1.60. The lowest BCUT2D eigenvalue weighted by atomic mass is 10.0. The fraction of sp³-hybridized carbons (Fsp3) is 0.688. The van der Waals surface area contributed by atoms with Crippen LogP contribution in [0.25, 0.3) is 0 Å². The van der Waals surface area contributed by atoms with Gasteiger partial charge >= 0.3 is 0 Å². The van der Waals surface area contributed by atoms with E-state index in [4.69, 9.17) is 4.74 Å². The first-order valence-electron chi connectivity index (χ1n) is 8.40. The van der Waals surface area contributed by atoms with E-state index in [-0.39, 0.29) is 17.9 Å². The van der Waals surface area contributed by atoms with Gasteiger partial charge in [0.25, 0.3) is 5.91 Å². The molecule has 0 radical (unpaired) electrons. The molecule has 0 saturated carbocycles. The van der Waals surface area contributed by atoms with Gasteiger partial charge in [0.05, 0.1) is 0 Å². The minimum absolute atomic E-state index is 0.0537. The molecule has 132 valence electrons. The second-order valence-electron chi connectivity index (χ2n) is 6.41. The fourth-order valence-electron chi connectivity index (χ4n) is 3.40. The standard InChI is InChI=1S/C16H24N4O3S/c1-11-9-19(13-3-7-23-8-4-13)5-6-20(11)15(22)14-10-24-16(18-14)17-12(2)21/h10-11,13H,3-9H2,1-2H3,(H,17,18,21)/t11-/m1/s1. The number of carbonyl (C=O) groups is 2. The van der Waals surface area contributed by atoms with Gasteiger partial charge in [-0.3, -0.25) is 14.5 Å². The first kappa shape index (κ1) is 17.3. The third-order valence-corrected chi connectivity index (χ3v) is 5.39. The van der Waals surface area contributed by atoms with Crippen molar-refractivity contribution in [3.8, 4) is 0 Å². The summed E-state index contributed by atoms with van der Waals surface area (Å²) >= 11 is 1.28. The zero-order chi connectivity index (χ0) is 17.1. The summed E-state index contributed by atoms with van der Waals surface area (Å²) < 4.78 is 5.44. The lowest BCUT2D eigenvalue weighted by Crippen LogP contribution is -2.57. The van der Waals surface area contributed by atoms with Crippen LogP contribution < -0.4 is 5.32 Å². The van der Waals surface area contributed by atoms with Crippen molar-refractivity contribution in [3.05, 3.63) is 11.1 Å². The van der Waals surface area contributed by atoms with E-state index >= 15 is 0 Å². The van der Waals surface area contributed by atoms with E-state index in [1.54, 1.807) is 5.38 Å². The Morgan fingerprint density at radius 3 is 2.75 bits per heavy atom. The van der Waals surface area contributed by atoms with E-state index in [9.17, 15) is 9.59 Å². The van der Waals surface area contributed by atoms with E-state index in [0.29, 0.717) is 23.4 Å². The van der Waals surface area contributed by atoms with Crippen molar-refractivity contribution in [2.45, 2.75) is 38.8 Å². The third kappa shape index (κ3) is 3.93. The Bertz CT molecular complexity index is 600. The first-order chi connectivity index (χ1) is 11.5. The lowest BCUT2D eigenvalue weighted by Gasteiger charge is -2.44. The minimum atomic E-state index is -0.179. The monoisotopic (exact) mass is 352 g/mol. The molecule has 1 aromatic heterocycles. The molecule has 0 bridgehead atoms. The maximum Gasteiger partial charge on any atom is 0.273 e. The van der Waals surface area contributed by atoms with Gasteiger partial charge in [0, 0.05) is 57.2 Å². The number of nitrogens with zero attached hydrogens (tertiary/aromatic N) is 3. The summed E-state index contributed by atoms with van der Waals surface area (Å²) in [6.45, 7) is 7.68. The molecule has 1 aromatic rings. The topological polar surface area (TPSA) is 74.8 Å². The number of hydrogen-bond acceptors (Lipinski definition) is 6. The number of piperazine rings is 1. The first-order valence-corrected chi connectivity index (χ1v) is 9.28. The summed E-state index contributed by atoms with van der Waals surface area (Å²) in [5.74, 6) is -0.233. The van der Waals surface area contributed by atoms with Crippen LogP contribution in [-0.4, -0.2) is 71.5 Å². The summed E-state index contributed by atoms with van der Waals surface area (Å²) in [4.78, 5) is 32.4. The molecular formula is C16H24N4O3S. The number of thiazole rings is 1. The van der Waals surface area contributed by atoms with Crippen molar-refractivity contribution in [1.82, 2.24) is 14.8 Å². The van der Waals surface area contributed by atoms with Crippen LogP contribution in [0, 0.1) is 0 Å². The van der Waals surface area contributed by atoms with Crippen molar-refractivity contribution in [2.75, 3.05) is 38.2 Å². The molecule has 1 N–H and O–H groups in total. The maximum atomic E-state index is 12.7. The van der Waals surface area contributed by atoms with Crippen molar-refractivity contribution < 1.29 is 14.3 Å². The highest BCUT2D eigenvalue weighted by atomic mass is 32.1. The highest BCUT2D eigenvalue weighted by molar-refractivity contribution is 7.14. The third-order valence-electron chi connectivity index (χ3n) is 4.63. The predicted molar refractivity (Wildman–Crippen MR) is 92.3 cm³/mol. The van der Waals surface area contributed by atoms with Crippen LogP contribution in [0.2, 0.25) is 0 Å². The van der Waals surface area contributed by atoms with Crippen molar-refractivity contribution >= 4 is 28.3 Å². The number of amides is 2. The van der Waals surface area contributed by atoms with Gasteiger partial charge in [-0.15, -0.1) is 11.3 Å². The molecule has 0 aromatic carbocycles. The number of carbonyl (C=O) groups excluding carboxylic acids is 2. The van der Waals surface area contributed by atoms with Crippen molar-refractivity contribution in [2.24, 2.45) is 0 Å². The molecule has 8 heteroatoms. The molecule has 2 fully saturated rings. The van der Waals surface area contributed by atoms with E-state index in [1.165, 1.54) is 18.3 Å². The van der Waals surface area contributed by atoms with Gasteiger partial charge in [0.15, 0.2) is 5.13 Å². The largest absolute Gasteiger partial charge is 0.381 e. The summed E-state index contributed by atoms with van der Waals surface area (Å²) in [7, 11) is 0. The minimum Gasteiger partial charge on any atom is -0.381 e. The van der Waals surface area contributed by atoms with Crippen LogP contribution in [0.4, 0.5) is 5.13 Å². The molecule has 0 spiro atoms. The van der Waals surface area contributed by atoms with Crippen LogP contribution in [-0.2, 0) is 9.53 Å². The summed E-state index contributed by atoms with van der Waals surface area (Å²) in [5.41, 5.74) is 0.412. The summed E-state index contributed by atoms with van der Waals surface area (Å²) in [5, 5.41) is 4.81. The Morgan fingerprint density at radius 1 is 1.33 bits per heavy atom. The quantitative estimate of drug-likeness (QED) is 0.891. The maximum absolute atomic E-state index is 12.7. The number of anilines is 1. The number of aromatic nitrogens is 1. The van der Waals surface area contributed by atoms with E-state index in [2.05, 4.69) is 22.1 Å². The Morgan fingerprint density at radius 2 is 2.08 bits per heavy atom.